The van der Waals surface area contributed by atoms with Crippen LogP contribution in [0.3, 0.4) is 0 Å². The Bertz CT molecular complexity index is 1070. The highest BCUT2D eigenvalue weighted by Gasteiger charge is 2.45. The molecule has 2 aliphatic carbocycles. The molecule has 1 aromatic heterocycles. The molecule has 2 aromatic rings. The van der Waals surface area contributed by atoms with Crippen LogP contribution in [0.15, 0.2) is 29.1 Å². The molecule has 6 rings (SSSR count). The van der Waals surface area contributed by atoms with Gasteiger partial charge in [-0.2, -0.15) is 0 Å². The van der Waals surface area contributed by atoms with E-state index in [4.69, 9.17) is 0 Å². The van der Waals surface area contributed by atoms with Crippen molar-refractivity contribution in [3.05, 3.63) is 40.3 Å². The number of fused-ring (bicyclic) bond motifs is 5. The molecule has 1 aromatic carbocycles. The van der Waals surface area contributed by atoms with E-state index in [9.17, 15) is 14.7 Å². The molecule has 6 nitrogen and oxygen atoms in total. The summed E-state index contributed by atoms with van der Waals surface area (Å²) in [5, 5.41) is 9.62. The Hall–Kier alpha value is -2.21. The van der Waals surface area contributed by atoms with Crippen molar-refractivity contribution in [2.45, 2.75) is 94.8 Å². The van der Waals surface area contributed by atoms with Crippen LogP contribution in [-0.4, -0.2) is 43.7 Å². The molecule has 5 atom stereocenters. The molecule has 2 saturated heterocycles. The molecule has 6 heteroatoms. The summed E-state index contributed by atoms with van der Waals surface area (Å²) in [7, 11) is 0. The zero-order valence-electron chi connectivity index (χ0n) is 18.7. The second-order valence-corrected chi connectivity index (χ2v) is 10.8. The number of para-hydroxylation sites is 2. The molecule has 170 valence electrons. The Morgan fingerprint density at radius 2 is 1.50 bits per heavy atom. The number of carboxylic acid groups (broad SMARTS) is 1. The van der Waals surface area contributed by atoms with Crippen LogP contribution in [0.5, 0.6) is 0 Å². The number of carboxylic acids is 1. The first-order chi connectivity index (χ1) is 15.6. The molecule has 2 saturated carbocycles. The smallest absolute Gasteiger partial charge is 0.360 e. The van der Waals surface area contributed by atoms with E-state index >= 15 is 0 Å². The second-order valence-electron chi connectivity index (χ2n) is 10.8. The van der Waals surface area contributed by atoms with Crippen LogP contribution < -0.4 is 5.56 Å². The largest absolute Gasteiger partial charge is 0.476 e. The summed E-state index contributed by atoms with van der Waals surface area (Å²) in [6, 6.07) is 9.25. The highest BCUT2D eigenvalue weighted by Crippen LogP contribution is 2.47. The minimum atomic E-state index is -1.24. The summed E-state index contributed by atoms with van der Waals surface area (Å²) in [5.74, 6) is 0.590. The van der Waals surface area contributed by atoms with Gasteiger partial charge in [-0.25, -0.2) is 9.78 Å². The van der Waals surface area contributed by atoms with Crippen molar-refractivity contribution in [2.24, 2.45) is 11.8 Å². The van der Waals surface area contributed by atoms with Gasteiger partial charge in [0.1, 0.15) is 0 Å². The molecule has 0 spiro atoms. The lowest BCUT2D eigenvalue weighted by atomic mass is 9.68. The van der Waals surface area contributed by atoms with E-state index in [0.717, 1.165) is 30.2 Å². The number of aromatic nitrogens is 2. The molecule has 32 heavy (non-hydrogen) atoms. The molecule has 4 bridgehead atoms. The second kappa shape index (κ2) is 7.98. The van der Waals surface area contributed by atoms with Gasteiger partial charge in [0.15, 0.2) is 0 Å². The average Bonchev–Trinajstić information content (AvgIpc) is 2.77. The predicted octanol–water partition coefficient (Wildman–Crippen LogP) is 4.62. The lowest BCUT2D eigenvalue weighted by Crippen LogP contribution is -2.58. The van der Waals surface area contributed by atoms with Crippen LogP contribution in [0.1, 0.15) is 87.2 Å². The third-order valence-corrected chi connectivity index (χ3v) is 8.89. The molecule has 3 heterocycles. The van der Waals surface area contributed by atoms with Crippen molar-refractivity contribution in [3.8, 4) is 0 Å². The third kappa shape index (κ3) is 3.38. The number of hydrogen-bond acceptors (Lipinski definition) is 4. The van der Waals surface area contributed by atoms with E-state index in [1.165, 1.54) is 57.8 Å². The molecular weight excluding hydrogens is 402 g/mol. The lowest BCUT2D eigenvalue weighted by molar-refractivity contribution is -0.0486. The van der Waals surface area contributed by atoms with Crippen molar-refractivity contribution in [1.29, 1.82) is 0 Å². The van der Waals surface area contributed by atoms with Crippen LogP contribution >= 0.6 is 0 Å². The van der Waals surface area contributed by atoms with Gasteiger partial charge in [-0.15, -0.1) is 0 Å². The Morgan fingerprint density at radius 3 is 2.19 bits per heavy atom. The minimum Gasteiger partial charge on any atom is -0.476 e. The normalized spacial score (nSPS) is 35.0. The van der Waals surface area contributed by atoms with Crippen LogP contribution in [0.4, 0.5) is 0 Å². The number of hydrogen-bond donors (Lipinski definition) is 1. The number of carbonyl (C=O) groups is 1. The van der Waals surface area contributed by atoms with E-state index in [0.29, 0.717) is 23.6 Å². The van der Waals surface area contributed by atoms with Gasteiger partial charge in [0.05, 0.1) is 11.0 Å². The van der Waals surface area contributed by atoms with E-state index in [1.807, 2.05) is 24.3 Å². The summed E-state index contributed by atoms with van der Waals surface area (Å²) in [5.41, 5.74) is 0.569. The van der Waals surface area contributed by atoms with E-state index in [2.05, 4.69) is 9.88 Å². The monoisotopic (exact) mass is 435 g/mol. The van der Waals surface area contributed by atoms with E-state index in [1.54, 1.807) is 4.57 Å². The summed E-state index contributed by atoms with van der Waals surface area (Å²) in [6.45, 7) is 0. The first-order valence-corrected chi connectivity index (χ1v) is 12.6. The lowest BCUT2D eigenvalue weighted by Gasteiger charge is -2.55. The van der Waals surface area contributed by atoms with Crippen molar-refractivity contribution in [1.82, 2.24) is 14.5 Å². The Balaban J connectivity index is 1.35. The standard InChI is InChI=1S/C26H33N3O3/c30-25-24(26(31)32)27-22-9-1-2-10-23(22)29(25)21-14-18-7-4-8-19(15-21)28(18)20-12-16-5-3-6-17(11-16)13-20/h1-2,9-10,16-21H,3-8,11-15H2,(H,31,32)/t16-,17+,18?,19?,20?,21?. The van der Waals surface area contributed by atoms with Crippen LogP contribution in [-0.2, 0) is 0 Å². The first-order valence-electron chi connectivity index (χ1n) is 12.6. The van der Waals surface area contributed by atoms with Gasteiger partial charge in [0.2, 0.25) is 5.69 Å². The fourth-order valence-electron chi connectivity index (χ4n) is 7.79. The number of benzene rings is 1. The van der Waals surface area contributed by atoms with Gasteiger partial charge in [0.25, 0.3) is 5.56 Å². The molecule has 0 amide bonds. The van der Waals surface area contributed by atoms with Gasteiger partial charge in [-0.05, 0) is 68.9 Å². The van der Waals surface area contributed by atoms with Gasteiger partial charge in [0, 0.05) is 24.2 Å². The summed E-state index contributed by atoms with van der Waals surface area (Å²) < 4.78 is 1.78. The van der Waals surface area contributed by atoms with E-state index in [-0.39, 0.29) is 11.7 Å². The quantitative estimate of drug-likeness (QED) is 0.761. The molecule has 1 N–H and O–H groups in total. The zero-order valence-corrected chi connectivity index (χ0v) is 18.7. The fraction of sp³-hybridized carbons (Fsp3) is 0.654. The number of aromatic carboxylic acids is 1. The van der Waals surface area contributed by atoms with Crippen molar-refractivity contribution in [3.63, 3.8) is 0 Å². The molecule has 0 radical (unpaired) electrons. The highest BCUT2D eigenvalue weighted by atomic mass is 16.4. The molecular formula is C26H33N3O3. The number of piperidine rings is 2. The molecule has 2 aliphatic heterocycles. The maximum atomic E-state index is 13.3. The van der Waals surface area contributed by atoms with Gasteiger partial charge < -0.3 is 9.67 Å². The van der Waals surface area contributed by atoms with Crippen LogP contribution in [0.25, 0.3) is 11.0 Å². The number of nitrogens with zero attached hydrogens (tertiary/aromatic N) is 3. The zero-order chi connectivity index (χ0) is 21.8. The maximum absolute atomic E-state index is 13.3. The topological polar surface area (TPSA) is 75.4 Å². The highest BCUT2D eigenvalue weighted by molar-refractivity contribution is 5.88. The maximum Gasteiger partial charge on any atom is 0.360 e. The Labute approximate surface area is 188 Å². The van der Waals surface area contributed by atoms with Crippen molar-refractivity contribution in [2.75, 3.05) is 0 Å². The van der Waals surface area contributed by atoms with Crippen molar-refractivity contribution < 1.29 is 9.90 Å². The molecule has 4 aliphatic rings. The summed E-state index contributed by atoms with van der Waals surface area (Å²) in [6.07, 6.45) is 13.9. The van der Waals surface area contributed by atoms with Crippen LogP contribution in [0, 0.1) is 11.8 Å². The van der Waals surface area contributed by atoms with Crippen LogP contribution in [0.2, 0.25) is 0 Å². The van der Waals surface area contributed by atoms with Gasteiger partial charge in [-0.1, -0.05) is 37.8 Å². The first kappa shape index (κ1) is 20.4. The predicted molar refractivity (Wildman–Crippen MR) is 123 cm³/mol. The summed E-state index contributed by atoms with van der Waals surface area (Å²) in [4.78, 5) is 32.1. The van der Waals surface area contributed by atoms with E-state index < -0.39 is 11.5 Å². The minimum absolute atomic E-state index is 0.0446. The SMILES string of the molecule is O=C(O)c1nc2ccccc2n(C2CC3CCCC(C2)N3C2C[C@H]3CCC[C@@H](C2)C3)c1=O. The van der Waals surface area contributed by atoms with Gasteiger partial charge in [-0.3, -0.25) is 9.69 Å². The van der Waals surface area contributed by atoms with Gasteiger partial charge >= 0.3 is 5.97 Å². The molecule has 3 unspecified atom stereocenters. The third-order valence-electron chi connectivity index (χ3n) is 8.89. The Kier molecular flexibility index (Phi) is 5.09. The molecule has 4 fully saturated rings. The Morgan fingerprint density at radius 1 is 0.844 bits per heavy atom. The van der Waals surface area contributed by atoms with Crippen molar-refractivity contribution >= 4 is 17.0 Å². The number of rotatable bonds is 3. The fourth-order valence-corrected chi connectivity index (χ4v) is 7.79. The average molecular weight is 436 g/mol. The summed E-state index contributed by atoms with van der Waals surface area (Å²) >= 11 is 0.